The van der Waals surface area contributed by atoms with Crippen molar-refractivity contribution < 1.29 is 9.53 Å². The average Bonchev–Trinajstić information content (AvgIpc) is 2.01. The van der Waals surface area contributed by atoms with Gasteiger partial charge in [-0.1, -0.05) is 0 Å². The number of carbonyl (C=O) groups excluding carboxylic acids is 1. The van der Waals surface area contributed by atoms with Crippen molar-refractivity contribution in [1.29, 1.82) is 0 Å². The predicted molar refractivity (Wildman–Crippen MR) is 58.6 cm³/mol. The topological polar surface area (TPSA) is 38.3 Å². The smallest absolute Gasteiger partial charge is 0.323 e. The molecule has 0 rings (SSSR count). The Morgan fingerprint density at radius 2 is 2.07 bits per heavy atom. The van der Waals surface area contributed by atoms with Crippen LogP contribution in [0.3, 0.4) is 0 Å². The molecule has 0 radical (unpaired) electrons. The van der Waals surface area contributed by atoms with E-state index in [1.54, 1.807) is 6.92 Å². The molecule has 0 aromatic carbocycles. The Morgan fingerprint density at radius 3 is 2.50 bits per heavy atom. The maximum atomic E-state index is 11.4. The van der Waals surface area contributed by atoms with Gasteiger partial charge in [-0.15, -0.1) is 11.6 Å². The van der Waals surface area contributed by atoms with Crippen molar-refractivity contribution in [1.82, 2.24) is 5.32 Å². The second-order valence-electron chi connectivity index (χ2n) is 4.25. The Bertz CT molecular complexity index is 177. The van der Waals surface area contributed by atoms with Gasteiger partial charge in [-0.2, -0.15) is 0 Å². The number of esters is 1. The van der Waals surface area contributed by atoms with Gasteiger partial charge in [0, 0.05) is 5.88 Å². The van der Waals surface area contributed by atoms with Crippen molar-refractivity contribution in [2.24, 2.45) is 0 Å². The van der Waals surface area contributed by atoms with Crippen LogP contribution in [0.15, 0.2) is 0 Å². The van der Waals surface area contributed by atoms with E-state index in [1.807, 2.05) is 20.8 Å². The van der Waals surface area contributed by atoms with Crippen LogP contribution in [0.1, 0.15) is 34.1 Å². The highest BCUT2D eigenvalue weighted by molar-refractivity contribution is 6.17. The lowest BCUT2D eigenvalue weighted by Gasteiger charge is -2.22. The Balaban J connectivity index is 3.77. The number of ether oxygens (including phenoxy) is 1. The third-order valence-electron chi connectivity index (χ3n) is 1.52. The largest absolute Gasteiger partial charge is 0.459 e. The third kappa shape index (κ3) is 7.15. The Labute approximate surface area is 91.2 Å². The van der Waals surface area contributed by atoms with E-state index in [4.69, 9.17) is 16.3 Å². The minimum atomic E-state index is -0.417. The van der Waals surface area contributed by atoms with Crippen LogP contribution in [-0.2, 0) is 9.53 Å². The fraction of sp³-hybridized carbons (Fsp3) is 0.900. The van der Waals surface area contributed by atoms with Crippen molar-refractivity contribution in [2.45, 2.75) is 45.8 Å². The Hall–Kier alpha value is -0.280. The molecular formula is C10H20ClNO2. The molecule has 0 amide bonds. The molecule has 0 aliphatic heterocycles. The molecule has 4 heteroatoms. The van der Waals surface area contributed by atoms with E-state index in [2.05, 4.69) is 5.32 Å². The van der Waals surface area contributed by atoms with E-state index in [-0.39, 0.29) is 12.0 Å². The number of hydrogen-bond acceptors (Lipinski definition) is 3. The third-order valence-corrected chi connectivity index (χ3v) is 1.79. The van der Waals surface area contributed by atoms with Crippen molar-refractivity contribution in [3.8, 4) is 0 Å². The standard InChI is InChI=1S/C10H20ClNO2/c1-8(12-7-5-6-11)9(13)14-10(2,3)4/h8,12H,5-7H2,1-4H3. The molecule has 0 aromatic rings. The minimum absolute atomic E-state index is 0.216. The molecule has 0 spiro atoms. The molecule has 1 atom stereocenters. The molecule has 14 heavy (non-hydrogen) atoms. The van der Waals surface area contributed by atoms with Gasteiger partial charge in [0.1, 0.15) is 11.6 Å². The lowest BCUT2D eigenvalue weighted by atomic mass is 10.2. The summed E-state index contributed by atoms with van der Waals surface area (Å²) in [6.07, 6.45) is 0.856. The number of hydrogen-bond donors (Lipinski definition) is 1. The van der Waals surface area contributed by atoms with E-state index < -0.39 is 5.60 Å². The second kappa shape index (κ2) is 6.25. The zero-order chi connectivity index (χ0) is 11.2. The van der Waals surface area contributed by atoms with Gasteiger partial charge in [0.25, 0.3) is 0 Å². The predicted octanol–water partition coefficient (Wildman–Crippen LogP) is 1.94. The van der Waals surface area contributed by atoms with E-state index in [0.29, 0.717) is 5.88 Å². The normalized spacial score (nSPS) is 13.8. The Kier molecular flexibility index (Phi) is 6.12. The van der Waals surface area contributed by atoms with Crippen LogP contribution in [0.4, 0.5) is 0 Å². The number of halogens is 1. The van der Waals surface area contributed by atoms with Gasteiger partial charge in [0.15, 0.2) is 0 Å². The van der Waals surface area contributed by atoms with E-state index in [0.717, 1.165) is 13.0 Å². The van der Waals surface area contributed by atoms with E-state index in [9.17, 15) is 4.79 Å². The molecule has 0 fully saturated rings. The number of carbonyl (C=O) groups is 1. The molecule has 0 saturated carbocycles. The summed E-state index contributed by atoms with van der Waals surface area (Å²) in [4.78, 5) is 11.4. The van der Waals surface area contributed by atoms with E-state index >= 15 is 0 Å². The fourth-order valence-electron chi connectivity index (χ4n) is 0.859. The molecule has 84 valence electrons. The summed E-state index contributed by atoms with van der Waals surface area (Å²) >= 11 is 5.51. The monoisotopic (exact) mass is 221 g/mol. The van der Waals surface area contributed by atoms with Crippen LogP contribution >= 0.6 is 11.6 Å². The first-order chi connectivity index (χ1) is 6.37. The second-order valence-corrected chi connectivity index (χ2v) is 4.63. The zero-order valence-corrected chi connectivity index (χ0v) is 10.1. The van der Waals surface area contributed by atoms with Crippen LogP contribution in [-0.4, -0.2) is 30.0 Å². The first-order valence-corrected chi connectivity index (χ1v) is 5.42. The molecule has 0 saturated heterocycles. The van der Waals surface area contributed by atoms with Gasteiger partial charge in [0.2, 0.25) is 0 Å². The van der Waals surface area contributed by atoms with Crippen molar-refractivity contribution in [3.63, 3.8) is 0 Å². The molecule has 0 bridgehead atoms. The maximum absolute atomic E-state index is 11.4. The molecule has 0 heterocycles. The first-order valence-electron chi connectivity index (χ1n) is 4.89. The van der Waals surface area contributed by atoms with Gasteiger partial charge in [0.05, 0.1) is 0 Å². The zero-order valence-electron chi connectivity index (χ0n) is 9.39. The van der Waals surface area contributed by atoms with E-state index in [1.165, 1.54) is 0 Å². The number of rotatable bonds is 5. The summed E-state index contributed by atoms with van der Waals surface area (Å²) in [7, 11) is 0. The quantitative estimate of drug-likeness (QED) is 0.438. The highest BCUT2D eigenvalue weighted by Crippen LogP contribution is 2.08. The van der Waals surface area contributed by atoms with Crippen LogP contribution in [0.25, 0.3) is 0 Å². The van der Waals surface area contributed by atoms with Gasteiger partial charge in [-0.25, -0.2) is 0 Å². The summed E-state index contributed by atoms with van der Waals surface area (Å²) in [6, 6.07) is -0.266. The molecule has 0 aliphatic rings. The van der Waals surface area contributed by atoms with Crippen LogP contribution in [0.5, 0.6) is 0 Å². The molecule has 3 nitrogen and oxygen atoms in total. The van der Waals surface area contributed by atoms with Gasteiger partial charge >= 0.3 is 5.97 Å². The first kappa shape index (κ1) is 13.7. The van der Waals surface area contributed by atoms with Gasteiger partial charge in [-0.3, -0.25) is 4.79 Å². The summed E-state index contributed by atoms with van der Waals surface area (Å²) < 4.78 is 5.20. The summed E-state index contributed by atoms with van der Waals surface area (Å²) in [5.74, 6) is 0.390. The lowest BCUT2D eigenvalue weighted by molar-refractivity contribution is -0.156. The molecule has 0 aromatic heterocycles. The average molecular weight is 222 g/mol. The molecule has 0 aliphatic carbocycles. The van der Waals surface area contributed by atoms with Crippen molar-refractivity contribution in [2.75, 3.05) is 12.4 Å². The fourth-order valence-corrected chi connectivity index (χ4v) is 0.993. The summed E-state index contributed by atoms with van der Waals surface area (Å²) in [5, 5.41) is 3.05. The summed E-state index contributed by atoms with van der Waals surface area (Å²) in [6.45, 7) is 8.11. The van der Waals surface area contributed by atoms with Crippen LogP contribution in [0, 0.1) is 0 Å². The molecule has 1 unspecified atom stereocenters. The van der Waals surface area contributed by atoms with Crippen LogP contribution < -0.4 is 5.32 Å². The maximum Gasteiger partial charge on any atom is 0.323 e. The molecular weight excluding hydrogens is 202 g/mol. The number of alkyl halides is 1. The minimum Gasteiger partial charge on any atom is -0.459 e. The van der Waals surface area contributed by atoms with Gasteiger partial charge < -0.3 is 10.1 Å². The molecule has 1 N–H and O–H groups in total. The number of nitrogens with one attached hydrogen (secondary N) is 1. The summed E-state index contributed by atoms with van der Waals surface area (Å²) in [5.41, 5.74) is -0.417. The van der Waals surface area contributed by atoms with Crippen molar-refractivity contribution >= 4 is 17.6 Å². The van der Waals surface area contributed by atoms with Crippen LogP contribution in [0.2, 0.25) is 0 Å². The Morgan fingerprint density at radius 1 is 1.50 bits per heavy atom. The highest BCUT2D eigenvalue weighted by Gasteiger charge is 2.20. The lowest BCUT2D eigenvalue weighted by Crippen LogP contribution is -2.39. The van der Waals surface area contributed by atoms with Gasteiger partial charge in [-0.05, 0) is 40.7 Å². The highest BCUT2D eigenvalue weighted by atomic mass is 35.5. The van der Waals surface area contributed by atoms with Crippen molar-refractivity contribution in [3.05, 3.63) is 0 Å². The SMILES string of the molecule is CC(NCCCCl)C(=O)OC(C)(C)C.